The van der Waals surface area contributed by atoms with Crippen LogP contribution < -0.4 is 10.1 Å². The van der Waals surface area contributed by atoms with Gasteiger partial charge < -0.3 is 14.6 Å². The fraction of sp³-hybridized carbons (Fsp3) is 0.370. The van der Waals surface area contributed by atoms with E-state index in [2.05, 4.69) is 63.9 Å². The molecule has 0 saturated carbocycles. The minimum atomic E-state index is 0.262. The molecule has 0 unspecified atom stereocenters. The van der Waals surface area contributed by atoms with Crippen LogP contribution in [-0.4, -0.2) is 50.7 Å². The van der Waals surface area contributed by atoms with Crippen LogP contribution in [0.3, 0.4) is 0 Å². The number of benzene rings is 2. The van der Waals surface area contributed by atoms with Crippen LogP contribution in [0.1, 0.15) is 38.3 Å². The van der Waals surface area contributed by atoms with Gasteiger partial charge in [-0.1, -0.05) is 30.3 Å². The highest BCUT2D eigenvalue weighted by Crippen LogP contribution is 2.28. The predicted molar refractivity (Wildman–Crippen MR) is 136 cm³/mol. The highest BCUT2D eigenvalue weighted by molar-refractivity contribution is 5.85. The van der Waals surface area contributed by atoms with Gasteiger partial charge in [0.1, 0.15) is 11.3 Å². The maximum atomic E-state index is 5.31. The van der Waals surface area contributed by atoms with Crippen molar-refractivity contribution < 1.29 is 4.74 Å². The van der Waals surface area contributed by atoms with E-state index in [1.807, 2.05) is 30.6 Å². The summed E-state index contributed by atoms with van der Waals surface area (Å²) < 4.78 is 7.42. The van der Waals surface area contributed by atoms with Crippen LogP contribution in [0, 0.1) is 0 Å². The first-order valence-electron chi connectivity index (χ1n) is 12.0. The standard InChI is InChI=1S/C27H32N6O/c1-19(2)33-18-28-24-26(30-25(31-27(24)33)21-9-11-23(34-3)12-10-21)29-22-13-15-32(16-14-22)17-20-7-5-4-6-8-20/h4-12,18-19,22H,13-17H2,1-3H3,(H,29,30,31). The van der Waals surface area contributed by atoms with E-state index in [0.717, 1.165) is 60.8 Å². The zero-order valence-electron chi connectivity index (χ0n) is 20.1. The second kappa shape index (κ2) is 9.81. The number of anilines is 1. The normalized spacial score (nSPS) is 15.2. The lowest BCUT2D eigenvalue weighted by molar-refractivity contribution is 0.211. The van der Waals surface area contributed by atoms with E-state index in [1.54, 1.807) is 7.11 Å². The van der Waals surface area contributed by atoms with E-state index in [9.17, 15) is 0 Å². The van der Waals surface area contributed by atoms with Crippen LogP contribution >= 0.6 is 0 Å². The van der Waals surface area contributed by atoms with Gasteiger partial charge in [-0.2, -0.15) is 0 Å². The van der Waals surface area contributed by atoms with E-state index >= 15 is 0 Å². The van der Waals surface area contributed by atoms with E-state index in [4.69, 9.17) is 14.7 Å². The van der Waals surface area contributed by atoms with Crippen LogP contribution in [0.15, 0.2) is 60.9 Å². The second-order valence-electron chi connectivity index (χ2n) is 9.22. The smallest absolute Gasteiger partial charge is 0.166 e. The molecule has 7 heteroatoms. The number of hydrogen-bond donors (Lipinski definition) is 1. The lowest BCUT2D eigenvalue weighted by Crippen LogP contribution is -2.38. The molecule has 7 nitrogen and oxygen atoms in total. The summed E-state index contributed by atoms with van der Waals surface area (Å²) in [4.78, 5) is 17.0. The van der Waals surface area contributed by atoms with Crippen molar-refractivity contribution in [1.29, 1.82) is 0 Å². The zero-order chi connectivity index (χ0) is 23.5. The molecule has 5 rings (SSSR count). The minimum Gasteiger partial charge on any atom is -0.497 e. The van der Waals surface area contributed by atoms with Gasteiger partial charge in [0, 0.05) is 37.3 Å². The summed E-state index contributed by atoms with van der Waals surface area (Å²) in [5.74, 6) is 2.33. The first kappa shape index (κ1) is 22.3. The van der Waals surface area contributed by atoms with Gasteiger partial charge in [-0.15, -0.1) is 0 Å². The Labute approximate surface area is 200 Å². The minimum absolute atomic E-state index is 0.262. The SMILES string of the molecule is COc1ccc(-c2nc(NC3CCN(Cc4ccccc4)CC3)c3ncn(C(C)C)c3n2)cc1. The van der Waals surface area contributed by atoms with E-state index in [0.29, 0.717) is 11.9 Å². The number of nitrogens with one attached hydrogen (secondary N) is 1. The Kier molecular flexibility index (Phi) is 6.45. The lowest BCUT2D eigenvalue weighted by Gasteiger charge is -2.32. The summed E-state index contributed by atoms with van der Waals surface area (Å²) in [7, 11) is 1.67. The van der Waals surface area contributed by atoms with Crippen LogP contribution in [0.4, 0.5) is 5.82 Å². The fourth-order valence-electron chi connectivity index (χ4n) is 4.53. The molecule has 0 amide bonds. The fourth-order valence-corrected chi connectivity index (χ4v) is 4.53. The van der Waals surface area contributed by atoms with Crippen molar-refractivity contribution in [2.24, 2.45) is 0 Å². The number of likely N-dealkylation sites (tertiary alicyclic amines) is 1. The Balaban J connectivity index is 1.38. The Hall–Kier alpha value is -3.45. The first-order chi connectivity index (χ1) is 16.6. The maximum absolute atomic E-state index is 5.31. The Bertz CT molecular complexity index is 1230. The van der Waals surface area contributed by atoms with Gasteiger partial charge in [-0.05, 0) is 56.5 Å². The van der Waals surface area contributed by atoms with Crippen LogP contribution in [-0.2, 0) is 6.54 Å². The molecule has 1 aliphatic heterocycles. The van der Waals surface area contributed by atoms with Crippen molar-refractivity contribution in [3.8, 4) is 17.1 Å². The van der Waals surface area contributed by atoms with Gasteiger partial charge >= 0.3 is 0 Å². The van der Waals surface area contributed by atoms with Gasteiger partial charge in [-0.3, -0.25) is 4.90 Å². The molecular weight excluding hydrogens is 424 g/mol. The summed E-state index contributed by atoms with van der Waals surface area (Å²) in [5, 5.41) is 3.71. The molecule has 1 aliphatic rings. The Morgan fingerprint density at radius 1 is 1.00 bits per heavy atom. The Morgan fingerprint density at radius 3 is 2.41 bits per heavy atom. The lowest BCUT2D eigenvalue weighted by atomic mass is 10.0. The number of imidazole rings is 1. The average Bonchev–Trinajstić information content (AvgIpc) is 3.31. The summed E-state index contributed by atoms with van der Waals surface area (Å²) in [6, 6.07) is 19.2. The van der Waals surface area contributed by atoms with Crippen molar-refractivity contribution in [2.45, 2.75) is 45.3 Å². The molecule has 0 radical (unpaired) electrons. The van der Waals surface area contributed by atoms with Crippen molar-refractivity contribution in [1.82, 2.24) is 24.4 Å². The van der Waals surface area contributed by atoms with Gasteiger partial charge in [-0.25, -0.2) is 15.0 Å². The molecule has 0 bridgehead atoms. The highest BCUT2D eigenvalue weighted by atomic mass is 16.5. The molecule has 0 spiro atoms. The Morgan fingerprint density at radius 2 is 1.74 bits per heavy atom. The van der Waals surface area contributed by atoms with Crippen molar-refractivity contribution in [3.63, 3.8) is 0 Å². The van der Waals surface area contributed by atoms with Crippen LogP contribution in [0.25, 0.3) is 22.6 Å². The molecule has 0 aliphatic carbocycles. The monoisotopic (exact) mass is 456 g/mol. The topological polar surface area (TPSA) is 68.1 Å². The van der Waals surface area contributed by atoms with Gasteiger partial charge in [0.05, 0.1) is 13.4 Å². The van der Waals surface area contributed by atoms with Gasteiger partial charge in [0.25, 0.3) is 0 Å². The number of nitrogens with zero attached hydrogens (tertiary/aromatic N) is 5. The molecule has 1 fully saturated rings. The molecule has 2 aromatic carbocycles. The molecule has 176 valence electrons. The first-order valence-corrected chi connectivity index (χ1v) is 12.0. The van der Waals surface area contributed by atoms with Crippen LogP contribution in [0.5, 0.6) is 5.75 Å². The number of piperidine rings is 1. The third-order valence-corrected chi connectivity index (χ3v) is 6.50. The van der Waals surface area contributed by atoms with E-state index < -0.39 is 0 Å². The third kappa shape index (κ3) is 4.75. The second-order valence-corrected chi connectivity index (χ2v) is 9.22. The predicted octanol–water partition coefficient (Wildman–Crippen LogP) is 5.16. The van der Waals surface area contributed by atoms with Crippen molar-refractivity contribution in [3.05, 3.63) is 66.5 Å². The third-order valence-electron chi connectivity index (χ3n) is 6.50. The number of methoxy groups -OCH3 is 1. The maximum Gasteiger partial charge on any atom is 0.166 e. The highest BCUT2D eigenvalue weighted by Gasteiger charge is 2.22. The zero-order valence-corrected chi connectivity index (χ0v) is 20.1. The van der Waals surface area contributed by atoms with Gasteiger partial charge in [0.15, 0.2) is 17.3 Å². The largest absolute Gasteiger partial charge is 0.497 e. The number of ether oxygens (including phenoxy) is 1. The van der Waals surface area contributed by atoms with Crippen molar-refractivity contribution >= 4 is 17.0 Å². The number of hydrogen-bond acceptors (Lipinski definition) is 6. The summed E-state index contributed by atoms with van der Waals surface area (Å²) in [5.41, 5.74) is 4.02. The van der Waals surface area contributed by atoms with E-state index in [1.165, 1.54) is 5.56 Å². The quantitative estimate of drug-likeness (QED) is 0.414. The molecular formula is C27H32N6O. The summed E-state index contributed by atoms with van der Waals surface area (Å²) in [6.07, 6.45) is 4.01. The number of fused-ring (bicyclic) bond motifs is 1. The number of aromatic nitrogens is 4. The van der Waals surface area contributed by atoms with Gasteiger partial charge in [0.2, 0.25) is 0 Å². The van der Waals surface area contributed by atoms with Crippen molar-refractivity contribution in [2.75, 3.05) is 25.5 Å². The molecule has 1 N–H and O–H groups in total. The molecule has 1 saturated heterocycles. The summed E-state index contributed by atoms with van der Waals surface area (Å²) in [6.45, 7) is 7.42. The summed E-state index contributed by atoms with van der Waals surface area (Å²) >= 11 is 0. The average molecular weight is 457 g/mol. The van der Waals surface area contributed by atoms with Crippen LogP contribution in [0.2, 0.25) is 0 Å². The van der Waals surface area contributed by atoms with E-state index in [-0.39, 0.29) is 6.04 Å². The molecule has 4 aromatic rings. The molecule has 3 heterocycles. The molecule has 2 aromatic heterocycles. The molecule has 0 atom stereocenters. The molecule has 34 heavy (non-hydrogen) atoms. The number of rotatable bonds is 7.